The van der Waals surface area contributed by atoms with Gasteiger partial charge in [-0.3, -0.25) is 14.6 Å². The molecular weight excluding hydrogens is 411 g/mol. The molecule has 0 aliphatic carbocycles. The summed E-state index contributed by atoms with van der Waals surface area (Å²) < 4.78 is 44.8. The molecule has 1 atom stereocenters. The smallest absolute Gasteiger partial charge is 0.368 e. The third-order valence-corrected chi connectivity index (χ3v) is 4.93. The normalized spacial score (nSPS) is 16.8. The first-order valence-corrected chi connectivity index (χ1v) is 9.89. The summed E-state index contributed by atoms with van der Waals surface area (Å²) in [5, 5.41) is 2.49. The Kier molecular flexibility index (Phi) is 6.94. The third-order valence-electron chi connectivity index (χ3n) is 4.93. The number of nitrogens with zero attached hydrogens (tertiary/aromatic N) is 2. The minimum Gasteiger partial charge on any atom is -0.368 e. The number of alkyl halides is 3. The minimum absolute atomic E-state index is 0.0793. The molecule has 0 radical (unpaired) electrons. The van der Waals surface area contributed by atoms with E-state index in [4.69, 9.17) is 4.74 Å². The maximum absolute atomic E-state index is 13.0. The molecule has 0 bridgehead atoms. The van der Waals surface area contributed by atoms with E-state index >= 15 is 0 Å². The van der Waals surface area contributed by atoms with Crippen LogP contribution in [0, 0.1) is 6.92 Å². The van der Waals surface area contributed by atoms with Gasteiger partial charge in [0.15, 0.2) is 0 Å². The molecule has 2 aromatic rings. The first-order chi connectivity index (χ1) is 14.6. The SMILES string of the molecule is CC(=O)NCC(=O)N1CCO[C@@H](c2cc(Cc3cccc(C(F)(F)F)c3)cc(C)n2)C1. The second-order valence-corrected chi connectivity index (χ2v) is 7.53. The zero-order valence-electron chi connectivity index (χ0n) is 17.3. The van der Waals surface area contributed by atoms with Crippen molar-refractivity contribution in [3.8, 4) is 0 Å². The van der Waals surface area contributed by atoms with Gasteiger partial charge >= 0.3 is 6.18 Å². The van der Waals surface area contributed by atoms with Crippen LogP contribution in [0.5, 0.6) is 0 Å². The predicted molar refractivity (Wildman–Crippen MR) is 107 cm³/mol. The fraction of sp³-hybridized carbons (Fsp3) is 0.409. The molecule has 166 valence electrons. The molecule has 1 aromatic carbocycles. The first-order valence-electron chi connectivity index (χ1n) is 9.89. The van der Waals surface area contributed by atoms with Gasteiger partial charge in [0.25, 0.3) is 0 Å². The zero-order chi connectivity index (χ0) is 22.6. The number of carbonyl (C=O) groups excluding carboxylic acids is 2. The Labute approximate surface area is 178 Å². The molecule has 1 aromatic heterocycles. The van der Waals surface area contributed by atoms with E-state index in [1.54, 1.807) is 17.0 Å². The van der Waals surface area contributed by atoms with Crippen LogP contribution in [-0.2, 0) is 26.9 Å². The molecule has 1 N–H and O–H groups in total. The van der Waals surface area contributed by atoms with Gasteiger partial charge in [-0.2, -0.15) is 13.2 Å². The molecule has 1 fully saturated rings. The highest BCUT2D eigenvalue weighted by Gasteiger charge is 2.30. The van der Waals surface area contributed by atoms with Crippen molar-refractivity contribution >= 4 is 11.8 Å². The molecular formula is C22H24F3N3O3. The first kappa shape index (κ1) is 22.7. The number of amides is 2. The maximum atomic E-state index is 13.0. The second-order valence-electron chi connectivity index (χ2n) is 7.53. The number of benzene rings is 1. The fourth-order valence-electron chi connectivity index (χ4n) is 3.50. The molecule has 0 unspecified atom stereocenters. The van der Waals surface area contributed by atoms with E-state index in [1.807, 2.05) is 13.0 Å². The molecule has 3 rings (SSSR count). The number of ether oxygens (including phenoxy) is 1. The third kappa shape index (κ3) is 6.27. The van der Waals surface area contributed by atoms with Crippen molar-refractivity contribution in [1.29, 1.82) is 0 Å². The van der Waals surface area contributed by atoms with Gasteiger partial charge in [0, 0.05) is 19.2 Å². The Hall–Kier alpha value is -2.94. The summed E-state index contributed by atoms with van der Waals surface area (Å²) in [5.74, 6) is -0.488. The average molecular weight is 435 g/mol. The summed E-state index contributed by atoms with van der Waals surface area (Å²) in [6.07, 6.45) is -4.52. The lowest BCUT2D eigenvalue weighted by Gasteiger charge is -2.33. The summed E-state index contributed by atoms with van der Waals surface area (Å²) >= 11 is 0. The number of carbonyl (C=O) groups is 2. The molecule has 2 heterocycles. The molecule has 1 aliphatic rings. The molecule has 0 spiro atoms. The van der Waals surface area contributed by atoms with E-state index in [9.17, 15) is 22.8 Å². The molecule has 1 saturated heterocycles. The van der Waals surface area contributed by atoms with Crippen LogP contribution in [0.15, 0.2) is 36.4 Å². The Bertz CT molecular complexity index is 963. The van der Waals surface area contributed by atoms with Gasteiger partial charge in [-0.25, -0.2) is 0 Å². The number of hydrogen-bond acceptors (Lipinski definition) is 4. The monoisotopic (exact) mass is 435 g/mol. The molecule has 0 saturated carbocycles. The van der Waals surface area contributed by atoms with Gasteiger partial charge < -0.3 is 15.0 Å². The van der Waals surface area contributed by atoms with Crippen molar-refractivity contribution in [1.82, 2.24) is 15.2 Å². The average Bonchev–Trinajstić information content (AvgIpc) is 2.71. The van der Waals surface area contributed by atoms with E-state index in [-0.39, 0.29) is 24.9 Å². The van der Waals surface area contributed by atoms with E-state index < -0.39 is 17.8 Å². The van der Waals surface area contributed by atoms with Gasteiger partial charge in [-0.15, -0.1) is 0 Å². The quantitative estimate of drug-likeness (QED) is 0.784. The standard InChI is InChI=1S/C22H24F3N3O3/c1-14-8-17(9-16-4-3-5-18(10-16)22(23,24)25)11-19(27-14)20-13-28(6-7-31-20)21(30)12-26-15(2)29/h3-5,8,10-11,20H,6-7,9,12-13H2,1-2H3,(H,26,29)/t20-/m1/s1. The van der Waals surface area contributed by atoms with Crippen LogP contribution in [-0.4, -0.2) is 47.9 Å². The van der Waals surface area contributed by atoms with Gasteiger partial charge in [0.05, 0.1) is 31.0 Å². The fourth-order valence-corrected chi connectivity index (χ4v) is 3.50. The summed E-state index contributed by atoms with van der Waals surface area (Å²) in [6.45, 7) is 4.11. The van der Waals surface area contributed by atoms with Crippen LogP contribution in [0.4, 0.5) is 13.2 Å². The van der Waals surface area contributed by atoms with Gasteiger partial charge in [-0.05, 0) is 42.7 Å². The number of morpholine rings is 1. The Balaban J connectivity index is 1.75. The largest absolute Gasteiger partial charge is 0.416 e. The van der Waals surface area contributed by atoms with Gasteiger partial charge in [0.2, 0.25) is 11.8 Å². The van der Waals surface area contributed by atoms with Crippen LogP contribution in [0.25, 0.3) is 0 Å². The topological polar surface area (TPSA) is 71.5 Å². The van der Waals surface area contributed by atoms with Crippen molar-refractivity contribution in [2.75, 3.05) is 26.2 Å². The van der Waals surface area contributed by atoms with E-state index in [1.165, 1.54) is 13.0 Å². The molecule has 31 heavy (non-hydrogen) atoms. The highest BCUT2D eigenvalue weighted by atomic mass is 19.4. The Morgan fingerprint density at radius 1 is 1.23 bits per heavy atom. The van der Waals surface area contributed by atoms with Gasteiger partial charge in [0.1, 0.15) is 6.10 Å². The predicted octanol–water partition coefficient (Wildman–Crippen LogP) is 3.04. The van der Waals surface area contributed by atoms with Crippen LogP contribution < -0.4 is 5.32 Å². The lowest BCUT2D eigenvalue weighted by molar-refractivity contribution is -0.139. The number of nitrogens with one attached hydrogen (secondary N) is 1. The Morgan fingerprint density at radius 2 is 2.00 bits per heavy atom. The zero-order valence-corrected chi connectivity index (χ0v) is 17.3. The maximum Gasteiger partial charge on any atom is 0.416 e. The highest BCUT2D eigenvalue weighted by molar-refractivity contribution is 5.83. The molecule has 1 aliphatic heterocycles. The Morgan fingerprint density at radius 3 is 2.71 bits per heavy atom. The lowest BCUT2D eigenvalue weighted by Crippen LogP contribution is -2.46. The molecule has 6 nitrogen and oxygen atoms in total. The number of aryl methyl sites for hydroxylation is 1. The number of rotatable bonds is 5. The second kappa shape index (κ2) is 9.47. The number of hydrogen-bond donors (Lipinski definition) is 1. The summed E-state index contributed by atoms with van der Waals surface area (Å²) in [4.78, 5) is 29.5. The molecule has 9 heteroatoms. The van der Waals surface area contributed by atoms with Crippen LogP contribution in [0.2, 0.25) is 0 Å². The van der Waals surface area contributed by atoms with Crippen LogP contribution in [0.1, 0.15) is 41.1 Å². The summed E-state index contributed by atoms with van der Waals surface area (Å²) in [5.41, 5.74) is 2.01. The number of pyridine rings is 1. The number of aromatic nitrogens is 1. The molecule has 2 amide bonds. The van der Waals surface area contributed by atoms with E-state index in [2.05, 4.69) is 10.3 Å². The van der Waals surface area contributed by atoms with Crippen molar-refractivity contribution < 1.29 is 27.5 Å². The van der Waals surface area contributed by atoms with Crippen molar-refractivity contribution in [3.05, 3.63) is 64.5 Å². The van der Waals surface area contributed by atoms with E-state index in [0.29, 0.717) is 36.5 Å². The van der Waals surface area contributed by atoms with Crippen molar-refractivity contribution in [3.63, 3.8) is 0 Å². The minimum atomic E-state index is -4.39. The van der Waals surface area contributed by atoms with Crippen LogP contribution in [0.3, 0.4) is 0 Å². The van der Waals surface area contributed by atoms with Crippen molar-refractivity contribution in [2.45, 2.75) is 32.5 Å². The van der Waals surface area contributed by atoms with Gasteiger partial charge in [-0.1, -0.05) is 18.2 Å². The summed E-state index contributed by atoms with van der Waals surface area (Å²) in [6, 6.07) is 8.89. The number of halogens is 3. The van der Waals surface area contributed by atoms with Crippen molar-refractivity contribution in [2.24, 2.45) is 0 Å². The van der Waals surface area contributed by atoms with Crippen LogP contribution >= 0.6 is 0 Å². The lowest BCUT2D eigenvalue weighted by atomic mass is 10.0. The summed E-state index contributed by atoms with van der Waals surface area (Å²) in [7, 11) is 0. The van der Waals surface area contributed by atoms with E-state index in [0.717, 1.165) is 17.7 Å². The highest BCUT2D eigenvalue weighted by Crippen LogP contribution is 2.30.